The predicted octanol–water partition coefficient (Wildman–Crippen LogP) is 1.31. The van der Waals surface area contributed by atoms with Crippen LogP contribution in [0, 0.1) is 11.3 Å². The number of hydrogen-bond donors (Lipinski definition) is 1. The average Bonchev–Trinajstić information content (AvgIpc) is 3.20. The minimum Gasteiger partial charge on any atom is -0.493 e. The lowest BCUT2D eigenvalue weighted by atomic mass is 10.2. The molecule has 1 atom stereocenters. The second kappa shape index (κ2) is 8.80. The maximum Gasteiger partial charge on any atom is 0.331 e. The number of hydrogen-bond acceptors (Lipinski definition) is 6. The van der Waals surface area contributed by atoms with Gasteiger partial charge in [0.2, 0.25) is 0 Å². The van der Waals surface area contributed by atoms with Crippen molar-refractivity contribution in [2.75, 3.05) is 13.7 Å². The highest BCUT2D eigenvalue weighted by molar-refractivity contribution is 5.55. The molecule has 0 saturated heterocycles. The summed E-state index contributed by atoms with van der Waals surface area (Å²) in [6.07, 6.45) is 3.94. The molecule has 0 spiro atoms. The summed E-state index contributed by atoms with van der Waals surface area (Å²) in [7, 11) is 1.52. The van der Waals surface area contributed by atoms with E-state index in [2.05, 4.69) is 0 Å². The maximum absolute atomic E-state index is 12.6. The molecule has 0 amide bonds. The highest BCUT2D eigenvalue weighted by Crippen LogP contribution is 2.28. The first-order valence-corrected chi connectivity index (χ1v) is 9.38. The summed E-state index contributed by atoms with van der Waals surface area (Å²) >= 11 is 0. The van der Waals surface area contributed by atoms with Crippen LogP contribution in [0.1, 0.15) is 30.2 Å². The van der Waals surface area contributed by atoms with Crippen LogP contribution in [0.25, 0.3) is 6.08 Å². The fraction of sp³-hybridized carbons (Fsp3) is 0.381. The Morgan fingerprint density at radius 1 is 1.34 bits per heavy atom. The van der Waals surface area contributed by atoms with E-state index >= 15 is 0 Å². The zero-order valence-corrected chi connectivity index (χ0v) is 16.4. The third-order valence-corrected chi connectivity index (χ3v) is 4.81. The molecular weight excluding hydrogens is 374 g/mol. The number of aromatic nitrogens is 2. The Morgan fingerprint density at radius 2 is 2.14 bits per heavy atom. The Morgan fingerprint density at radius 3 is 2.83 bits per heavy atom. The van der Waals surface area contributed by atoms with E-state index in [1.54, 1.807) is 12.1 Å². The Balaban J connectivity index is 1.78. The molecule has 3 rings (SSSR count). The molecule has 1 unspecified atom stereocenters. The molecule has 1 aliphatic heterocycles. The second-order valence-electron chi connectivity index (χ2n) is 6.76. The normalized spacial score (nSPS) is 13.9. The van der Waals surface area contributed by atoms with E-state index < -0.39 is 17.4 Å². The van der Waals surface area contributed by atoms with Crippen LogP contribution in [-0.2, 0) is 19.5 Å². The highest BCUT2D eigenvalue weighted by atomic mass is 16.5. The van der Waals surface area contributed by atoms with Crippen molar-refractivity contribution >= 4 is 6.08 Å². The van der Waals surface area contributed by atoms with E-state index in [9.17, 15) is 20.0 Å². The molecule has 0 fully saturated rings. The molecular formula is C21H23N3O5. The molecule has 1 aromatic carbocycles. The van der Waals surface area contributed by atoms with Gasteiger partial charge in [0, 0.05) is 12.2 Å². The number of aliphatic hydroxyl groups is 1. The molecule has 0 bridgehead atoms. The lowest BCUT2D eigenvalue weighted by Gasteiger charge is -2.17. The molecule has 29 heavy (non-hydrogen) atoms. The number of benzene rings is 1. The van der Waals surface area contributed by atoms with Crippen LogP contribution in [0.4, 0.5) is 0 Å². The smallest absolute Gasteiger partial charge is 0.331 e. The van der Waals surface area contributed by atoms with Crippen LogP contribution in [0.15, 0.2) is 33.9 Å². The third kappa shape index (κ3) is 4.10. The molecule has 8 nitrogen and oxygen atoms in total. The predicted molar refractivity (Wildman–Crippen MR) is 107 cm³/mol. The molecule has 8 heteroatoms. The molecule has 0 aliphatic carbocycles. The van der Waals surface area contributed by atoms with Gasteiger partial charge in [-0.25, -0.2) is 4.79 Å². The van der Waals surface area contributed by atoms with Gasteiger partial charge < -0.3 is 14.6 Å². The van der Waals surface area contributed by atoms with Gasteiger partial charge in [0.25, 0.3) is 5.56 Å². The van der Waals surface area contributed by atoms with E-state index in [0.29, 0.717) is 36.6 Å². The second-order valence-corrected chi connectivity index (χ2v) is 6.76. The summed E-state index contributed by atoms with van der Waals surface area (Å²) in [6, 6.07) is 7.28. The lowest BCUT2D eigenvalue weighted by molar-refractivity contribution is 0.0885. The quantitative estimate of drug-likeness (QED) is 0.755. The van der Waals surface area contributed by atoms with Gasteiger partial charge in [-0.3, -0.25) is 13.9 Å². The Bertz CT molecular complexity index is 1090. The Labute approximate surface area is 167 Å². The molecule has 2 aromatic rings. The minimum atomic E-state index is -1.12. The fourth-order valence-corrected chi connectivity index (χ4v) is 3.46. The van der Waals surface area contributed by atoms with Gasteiger partial charge >= 0.3 is 5.69 Å². The first-order valence-electron chi connectivity index (χ1n) is 9.38. The molecule has 1 aromatic heterocycles. The van der Waals surface area contributed by atoms with E-state index in [-0.39, 0.29) is 18.7 Å². The molecule has 1 N–H and O–H groups in total. The lowest BCUT2D eigenvalue weighted by Crippen LogP contribution is -2.44. The zero-order chi connectivity index (χ0) is 21.0. The minimum absolute atomic E-state index is 0.0311. The zero-order valence-electron chi connectivity index (χ0n) is 16.4. The first-order chi connectivity index (χ1) is 14.0. The van der Waals surface area contributed by atoms with Crippen molar-refractivity contribution in [3.63, 3.8) is 0 Å². The SMILES string of the molecule is C/C=C/c1ccc(OCC(O)Cn2c(=O)c(C#N)c3n(c2=O)CCC3)c(OC)c1. The maximum atomic E-state index is 12.6. The molecule has 152 valence electrons. The van der Waals surface area contributed by atoms with Gasteiger partial charge in [-0.2, -0.15) is 5.26 Å². The summed E-state index contributed by atoms with van der Waals surface area (Å²) in [5.74, 6) is 0.949. The Kier molecular flexibility index (Phi) is 6.20. The van der Waals surface area contributed by atoms with Crippen LogP contribution < -0.4 is 20.7 Å². The highest BCUT2D eigenvalue weighted by Gasteiger charge is 2.23. The van der Waals surface area contributed by atoms with Crippen LogP contribution in [0.5, 0.6) is 11.5 Å². The topological polar surface area (TPSA) is 106 Å². The van der Waals surface area contributed by atoms with Gasteiger partial charge in [0.15, 0.2) is 11.5 Å². The third-order valence-electron chi connectivity index (χ3n) is 4.81. The number of nitriles is 1. The monoisotopic (exact) mass is 397 g/mol. The summed E-state index contributed by atoms with van der Waals surface area (Å²) in [6.45, 7) is 1.97. The van der Waals surface area contributed by atoms with Gasteiger partial charge in [-0.15, -0.1) is 0 Å². The number of nitrogens with zero attached hydrogens (tertiary/aromatic N) is 3. The van der Waals surface area contributed by atoms with E-state index in [1.807, 2.05) is 31.2 Å². The van der Waals surface area contributed by atoms with Crippen molar-refractivity contribution in [2.45, 2.75) is 39.0 Å². The van der Waals surface area contributed by atoms with Gasteiger partial charge in [-0.1, -0.05) is 18.2 Å². The number of methoxy groups -OCH3 is 1. The summed E-state index contributed by atoms with van der Waals surface area (Å²) in [5, 5.41) is 19.7. The van der Waals surface area contributed by atoms with Gasteiger partial charge in [0.05, 0.1) is 13.7 Å². The molecule has 2 heterocycles. The van der Waals surface area contributed by atoms with E-state index in [4.69, 9.17) is 9.47 Å². The number of fused-ring (bicyclic) bond motifs is 1. The van der Waals surface area contributed by atoms with Crippen molar-refractivity contribution < 1.29 is 14.6 Å². The van der Waals surface area contributed by atoms with Crippen molar-refractivity contribution in [1.82, 2.24) is 9.13 Å². The van der Waals surface area contributed by atoms with Crippen molar-refractivity contribution in [3.8, 4) is 17.6 Å². The van der Waals surface area contributed by atoms with Crippen molar-refractivity contribution in [1.29, 1.82) is 5.26 Å². The number of aliphatic hydroxyl groups excluding tert-OH is 1. The number of ether oxygens (including phenoxy) is 2. The van der Waals surface area contributed by atoms with Crippen LogP contribution in [-0.4, -0.2) is 34.1 Å². The van der Waals surface area contributed by atoms with Crippen LogP contribution in [0.3, 0.4) is 0 Å². The number of allylic oxidation sites excluding steroid dienone is 1. The van der Waals surface area contributed by atoms with E-state index in [1.165, 1.54) is 11.7 Å². The van der Waals surface area contributed by atoms with Crippen molar-refractivity contribution in [2.24, 2.45) is 0 Å². The van der Waals surface area contributed by atoms with Gasteiger partial charge in [0.1, 0.15) is 24.3 Å². The molecule has 0 saturated carbocycles. The largest absolute Gasteiger partial charge is 0.493 e. The number of rotatable bonds is 7. The van der Waals surface area contributed by atoms with Crippen LogP contribution in [0.2, 0.25) is 0 Å². The van der Waals surface area contributed by atoms with Gasteiger partial charge in [-0.05, 0) is 37.5 Å². The van der Waals surface area contributed by atoms with Crippen LogP contribution >= 0.6 is 0 Å². The Hall–Kier alpha value is -3.31. The molecule has 1 aliphatic rings. The standard InChI is InChI=1S/C21H23N3O5/c1-3-5-14-7-8-18(19(10-14)28-2)29-13-15(25)12-24-20(26)16(11-22)17-6-4-9-23(17)21(24)27/h3,5,7-8,10,15,25H,4,6,9,12-13H2,1-2H3/b5-3+. The summed E-state index contributed by atoms with van der Waals surface area (Å²) in [4.78, 5) is 25.1. The molecule has 0 radical (unpaired) electrons. The summed E-state index contributed by atoms with van der Waals surface area (Å²) < 4.78 is 13.3. The van der Waals surface area contributed by atoms with Crippen molar-refractivity contribution in [3.05, 3.63) is 61.9 Å². The summed E-state index contributed by atoms with van der Waals surface area (Å²) in [5.41, 5.74) is 0.220. The average molecular weight is 397 g/mol. The first kappa shape index (κ1) is 20.4. The fourth-order valence-electron chi connectivity index (χ4n) is 3.46. The van der Waals surface area contributed by atoms with E-state index in [0.717, 1.165) is 10.1 Å².